The molecular weight excluding hydrogens is 290 g/mol. The van der Waals surface area contributed by atoms with Gasteiger partial charge in [0.15, 0.2) is 15.8 Å². The second kappa shape index (κ2) is 5.76. The number of aliphatic imine (C=N–C) groups is 1. The highest BCUT2D eigenvalue weighted by Gasteiger charge is 2.41. The summed E-state index contributed by atoms with van der Waals surface area (Å²) in [6.07, 6.45) is 2.66. The third kappa shape index (κ3) is 3.51. The fourth-order valence-electron chi connectivity index (χ4n) is 2.72. The first-order chi connectivity index (χ1) is 9.69. The Morgan fingerprint density at radius 2 is 2.05 bits per heavy atom. The Bertz CT molecular complexity index is 510. The zero-order chi connectivity index (χ0) is 15.7. The SMILES string of the molecule is CCNC(=NCC1(O)CCC1)N1CCS(=O)(=O)C(C)(C)C1. The van der Waals surface area contributed by atoms with E-state index in [1.54, 1.807) is 13.8 Å². The second-order valence-corrected chi connectivity index (χ2v) is 9.49. The van der Waals surface area contributed by atoms with E-state index in [-0.39, 0.29) is 5.75 Å². The van der Waals surface area contributed by atoms with Crippen LogP contribution in [-0.4, -0.2) is 66.7 Å². The van der Waals surface area contributed by atoms with E-state index in [1.165, 1.54) is 0 Å². The van der Waals surface area contributed by atoms with Crippen molar-refractivity contribution in [2.24, 2.45) is 4.99 Å². The van der Waals surface area contributed by atoms with E-state index in [4.69, 9.17) is 0 Å². The van der Waals surface area contributed by atoms with Crippen molar-refractivity contribution in [3.63, 3.8) is 0 Å². The first-order valence-electron chi connectivity index (χ1n) is 7.67. The van der Waals surface area contributed by atoms with Crippen molar-refractivity contribution < 1.29 is 13.5 Å². The smallest absolute Gasteiger partial charge is 0.194 e. The van der Waals surface area contributed by atoms with E-state index in [2.05, 4.69) is 10.3 Å². The molecule has 122 valence electrons. The molecule has 0 unspecified atom stereocenters. The molecule has 6 nitrogen and oxygen atoms in total. The fourth-order valence-corrected chi connectivity index (χ4v) is 4.08. The Hall–Kier alpha value is -0.820. The predicted octanol–water partition coefficient (Wildman–Crippen LogP) is 0.376. The van der Waals surface area contributed by atoms with Gasteiger partial charge in [-0.3, -0.25) is 4.99 Å². The zero-order valence-corrected chi connectivity index (χ0v) is 14.0. The largest absolute Gasteiger partial charge is 0.388 e. The van der Waals surface area contributed by atoms with Crippen LogP contribution in [0.5, 0.6) is 0 Å². The van der Waals surface area contributed by atoms with E-state index >= 15 is 0 Å². The average Bonchev–Trinajstić information content (AvgIpc) is 2.36. The van der Waals surface area contributed by atoms with Crippen molar-refractivity contribution in [3.8, 4) is 0 Å². The Kier molecular flexibility index (Phi) is 4.54. The molecule has 0 radical (unpaired) electrons. The van der Waals surface area contributed by atoms with Gasteiger partial charge in [0.25, 0.3) is 0 Å². The van der Waals surface area contributed by atoms with Crippen molar-refractivity contribution in [3.05, 3.63) is 0 Å². The van der Waals surface area contributed by atoms with Crippen LogP contribution >= 0.6 is 0 Å². The fraction of sp³-hybridized carbons (Fsp3) is 0.929. The van der Waals surface area contributed by atoms with E-state index in [0.29, 0.717) is 25.6 Å². The highest BCUT2D eigenvalue weighted by Crippen LogP contribution is 2.31. The zero-order valence-electron chi connectivity index (χ0n) is 13.2. The number of sulfone groups is 1. The molecule has 1 saturated carbocycles. The number of hydrogen-bond acceptors (Lipinski definition) is 4. The van der Waals surface area contributed by atoms with Crippen molar-refractivity contribution >= 4 is 15.8 Å². The molecule has 1 saturated heterocycles. The number of guanidine groups is 1. The lowest BCUT2D eigenvalue weighted by molar-refractivity contribution is -0.0237. The van der Waals surface area contributed by atoms with Gasteiger partial charge in [-0.2, -0.15) is 0 Å². The number of nitrogens with zero attached hydrogens (tertiary/aromatic N) is 2. The minimum atomic E-state index is -3.05. The summed E-state index contributed by atoms with van der Waals surface area (Å²) in [4.78, 5) is 6.52. The summed E-state index contributed by atoms with van der Waals surface area (Å²) in [5.41, 5.74) is -0.655. The monoisotopic (exact) mass is 317 g/mol. The van der Waals surface area contributed by atoms with Gasteiger partial charge in [-0.25, -0.2) is 8.42 Å². The third-order valence-corrected chi connectivity index (χ3v) is 7.02. The number of nitrogens with one attached hydrogen (secondary N) is 1. The standard InChI is InChI=1S/C14H27N3O3S/c1-4-15-12(16-10-14(18)6-5-7-14)17-8-9-21(19,20)13(2,3)11-17/h18H,4-11H2,1-3H3,(H,15,16). The van der Waals surface area contributed by atoms with Crippen LogP contribution in [0.1, 0.15) is 40.0 Å². The molecule has 0 aromatic rings. The summed E-state index contributed by atoms with van der Waals surface area (Å²) in [6.45, 7) is 7.50. The molecule has 1 aliphatic heterocycles. The van der Waals surface area contributed by atoms with E-state index < -0.39 is 20.2 Å². The number of aliphatic hydroxyl groups is 1. The normalized spacial score (nSPS) is 27.0. The van der Waals surface area contributed by atoms with Gasteiger partial charge in [-0.05, 0) is 40.0 Å². The summed E-state index contributed by atoms with van der Waals surface area (Å²) in [5, 5.41) is 13.4. The Morgan fingerprint density at radius 3 is 2.52 bits per heavy atom. The van der Waals surface area contributed by atoms with Crippen LogP contribution in [0.4, 0.5) is 0 Å². The van der Waals surface area contributed by atoms with Crippen LogP contribution in [0, 0.1) is 0 Å². The van der Waals surface area contributed by atoms with Crippen LogP contribution in [0.25, 0.3) is 0 Å². The molecule has 2 aliphatic rings. The minimum Gasteiger partial charge on any atom is -0.388 e. The summed E-state index contributed by atoms with van der Waals surface area (Å²) < 4.78 is 23.4. The molecule has 2 N–H and O–H groups in total. The van der Waals surface area contributed by atoms with Crippen molar-refractivity contribution in [2.45, 2.75) is 50.4 Å². The Morgan fingerprint density at radius 1 is 1.38 bits per heavy atom. The Labute approximate surface area is 127 Å². The van der Waals surface area contributed by atoms with Crippen molar-refractivity contribution in [2.75, 3.05) is 31.9 Å². The first kappa shape index (κ1) is 16.5. The van der Waals surface area contributed by atoms with Gasteiger partial charge < -0.3 is 15.3 Å². The van der Waals surface area contributed by atoms with Crippen LogP contribution in [0.3, 0.4) is 0 Å². The van der Waals surface area contributed by atoms with Gasteiger partial charge in [0.2, 0.25) is 0 Å². The highest BCUT2D eigenvalue weighted by molar-refractivity contribution is 7.92. The van der Waals surface area contributed by atoms with Crippen LogP contribution in [-0.2, 0) is 9.84 Å². The molecule has 2 rings (SSSR count). The van der Waals surface area contributed by atoms with Gasteiger partial charge in [0.05, 0.1) is 22.6 Å². The van der Waals surface area contributed by atoms with E-state index in [9.17, 15) is 13.5 Å². The molecule has 0 amide bonds. The maximum atomic E-state index is 12.1. The molecule has 1 heterocycles. The predicted molar refractivity (Wildman–Crippen MR) is 84.2 cm³/mol. The van der Waals surface area contributed by atoms with Crippen LogP contribution in [0.15, 0.2) is 4.99 Å². The molecular formula is C14H27N3O3S. The minimum absolute atomic E-state index is 0.148. The van der Waals surface area contributed by atoms with Gasteiger partial charge in [0.1, 0.15) is 0 Å². The molecule has 21 heavy (non-hydrogen) atoms. The summed E-state index contributed by atoms with van der Waals surface area (Å²) in [7, 11) is -3.05. The number of hydrogen-bond donors (Lipinski definition) is 2. The third-order valence-electron chi connectivity index (χ3n) is 4.49. The molecule has 0 bridgehead atoms. The molecule has 0 atom stereocenters. The highest BCUT2D eigenvalue weighted by atomic mass is 32.2. The lowest BCUT2D eigenvalue weighted by Crippen LogP contribution is -2.57. The summed E-state index contributed by atoms with van der Waals surface area (Å²) >= 11 is 0. The van der Waals surface area contributed by atoms with Gasteiger partial charge >= 0.3 is 0 Å². The van der Waals surface area contributed by atoms with Gasteiger partial charge in [-0.15, -0.1) is 0 Å². The molecule has 1 aliphatic carbocycles. The molecule has 0 spiro atoms. The number of rotatable bonds is 3. The Balaban J connectivity index is 2.10. The topological polar surface area (TPSA) is 82.0 Å². The molecule has 2 fully saturated rings. The molecule has 7 heteroatoms. The molecule has 0 aromatic heterocycles. The van der Waals surface area contributed by atoms with Crippen molar-refractivity contribution in [1.82, 2.24) is 10.2 Å². The second-order valence-electron chi connectivity index (χ2n) is 6.75. The lowest BCUT2D eigenvalue weighted by atomic mass is 9.80. The van der Waals surface area contributed by atoms with Gasteiger partial charge in [0, 0.05) is 19.6 Å². The average molecular weight is 317 g/mol. The lowest BCUT2D eigenvalue weighted by Gasteiger charge is -2.40. The molecule has 0 aromatic carbocycles. The van der Waals surface area contributed by atoms with Crippen LogP contribution in [0.2, 0.25) is 0 Å². The van der Waals surface area contributed by atoms with E-state index in [0.717, 1.165) is 25.8 Å². The van der Waals surface area contributed by atoms with Crippen LogP contribution < -0.4 is 5.32 Å². The van der Waals surface area contributed by atoms with Crippen molar-refractivity contribution in [1.29, 1.82) is 0 Å². The maximum absolute atomic E-state index is 12.1. The van der Waals surface area contributed by atoms with Gasteiger partial charge in [-0.1, -0.05) is 0 Å². The first-order valence-corrected chi connectivity index (χ1v) is 9.32. The van der Waals surface area contributed by atoms with E-state index in [1.807, 2.05) is 11.8 Å². The summed E-state index contributed by atoms with van der Waals surface area (Å²) in [6, 6.07) is 0. The summed E-state index contributed by atoms with van der Waals surface area (Å²) in [5.74, 6) is 0.857. The maximum Gasteiger partial charge on any atom is 0.194 e. The quantitative estimate of drug-likeness (QED) is 0.581.